The summed E-state index contributed by atoms with van der Waals surface area (Å²) >= 11 is 1.96. The molecule has 2 rings (SSSR count). The highest BCUT2D eigenvalue weighted by Gasteiger charge is 2.21. The molecule has 1 unspecified atom stereocenters. The van der Waals surface area contributed by atoms with E-state index in [1.807, 2.05) is 36.0 Å². The molecular formula is C11H14O2S. The highest BCUT2D eigenvalue weighted by atomic mass is 32.2. The minimum atomic E-state index is 0.709. The van der Waals surface area contributed by atoms with Crippen LogP contribution in [0.3, 0.4) is 0 Å². The van der Waals surface area contributed by atoms with E-state index >= 15 is 0 Å². The van der Waals surface area contributed by atoms with Gasteiger partial charge >= 0.3 is 0 Å². The first-order chi connectivity index (χ1) is 6.88. The van der Waals surface area contributed by atoms with Gasteiger partial charge in [0.25, 0.3) is 0 Å². The Morgan fingerprint density at radius 2 is 2.07 bits per heavy atom. The zero-order valence-corrected chi connectivity index (χ0v) is 9.05. The Morgan fingerprint density at radius 3 is 2.64 bits per heavy atom. The quantitative estimate of drug-likeness (QED) is 0.695. The molecule has 1 saturated heterocycles. The van der Waals surface area contributed by atoms with Crippen molar-refractivity contribution in [3.05, 3.63) is 29.8 Å². The molecule has 0 amide bonds. The molecular weight excluding hydrogens is 196 g/mol. The molecule has 0 saturated carbocycles. The Bertz CT molecular complexity index is 280. The van der Waals surface area contributed by atoms with Gasteiger partial charge in [0.1, 0.15) is 5.75 Å². The topological polar surface area (TPSA) is 18.5 Å². The van der Waals surface area contributed by atoms with Gasteiger partial charge in [-0.15, -0.1) is 0 Å². The van der Waals surface area contributed by atoms with Gasteiger partial charge in [-0.05, 0) is 17.7 Å². The van der Waals surface area contributed by atoms with Crippen molar-refractivity contribution in [3.8, 4) is 5.75 Å². The molecule has 1 aromatic carbocycles. The number of thioether (sulfide) groups is 1. The number of methoxy groups -OCH3 is 1. The van der Waals surface area contributed by atoms with E-state index in [2.05, 4.69) is 0 Å². The summed E-state index contributed by atoms with van der Waals surface area (Å²) in [6, 6.07) is 8.01. The fourth-order valence-electron chi connectivity index (χ4n) is 1.19. The van der Waals surface area contributed by atoms with Gasteiger partial charge in [-0.3, -0.25) is 0 Å². The van der Waals surface area contributed by atoms with Crippen molar-refractivity contribution in [3.63, 3.8) is 0 Å². The largest absolute Gasteiger partial charge is 0.497 e. The third kappa shape index (κ3) is 2.93. The highest BCUT2D eigenvalue weighted by Crippen LogP contribution is 2.30. The van der Waals surface area contributed by atoms with Crippen LogP contribution in [0.1, 0.15) is 5.56 Å². The minimum absolute atomic E-state index is 0.709. The van der Waals surface area contributed by atoms with E-state index < -0.39 is 0 Å². The van der Waals surface area contributed by atoms with Gasteiger partial charge in [0.05, 0.1) is 20.3 Å². The third-order valence-electron chi connectivity index (χ3n) is 2.13. The smallest absolute Gasteiger partial charge is 0.118 e. The van der Waals surface area contributed by atoms with E-state index in [0.29, 0.717) is 6.61 Å². The summed E-state index contributed by atoms with van der Waals surface area (Å²) in [7, 11) is 1.68. The van der Waals surface area contributed by atoms with Gasteiger partial charge in [-0.1, -0.05) is 12.1 Å². The Hall–Kier alpha value is -0.670. The van der Waals surface area contributed by atoms with E-state index in [1.165, 1.54) is 11.3 Å². The fourth-order valence-corrected chi connectivity index (χ4v) is 1.62. The molecule has 1 atom stereocenters. The Kier molecular flexibility index (Phi) is 3.32. The maximum atomic E-state index is 5.56. The van der Waals surface area contributed by atoms with Gasteiger partial charge in [0, 0.05) is 11.0 Å². The number of hydrogen-bond acceptors (Lipinski definition) is 3. The second-order valence-electron chi connectivity index (χ2n) is 3.32. The Balaban J connectivity index is 1.77. The normalized spacial score (nSPS) is 19.4. The second-order valence-corrected chi connectivity index (χ2v) is 4.65. The molecule has 3 heteroatoms. The average Bonchev–Trinajstić information content (AvgIpc) is 3.03. The van der Waals surface area contributed by atoms with Crippen LogP contribution in [-0.2, 0) is 11.3 Å². The fraction of sp³-hybridized carbons (Fsp3) is 0.455. The maximum absolute atomic E-state index is 5.56. The van der Waals surface area contributed by atoms with Crippen molar-refractivity contribution < 1.29 is 9.47 Å². The second kappa shape index (κ2) is 4.71. The van der Waals surface area contributed by atoms with Gasteiger partial charge < -0.3 is 9.47 Å². The first-order valence-corrected chi connectivity index (χ1v) is 5.75. The van der Waals surface area contributed by atoms with Crippen molar-refractivity contribution in [1.29, 1.82) is 0 Å². The van der Waals surface area contributed by atoms with Crippen LogP contribution >= 0.6 is 11.8 Å². The molecule has 14 heavy (non-hydrogen) atoms. The zero-order valence-electron chi connectivity index (χ0n) is 8.23. The summed E-state index contributed by atoms with van der Waals surface area (Å²) in [5.74, 6) is 2.16. The minimum Gasteiger partial charge on any atom is -0.497 e. The number of benzene rings is 1. The molecule has 0 bridgehead atoms. The summed E-state index contributed by atoms with van der Waals surface area (Å²) in [4.78, 5) is 0. The zero-order chi connectivity index (χ0) is 9.80. The van der Waals surface area contributed by atoms with Crippen molar-refractivity contribution in [2.45, 2.75) is 11.9 Å². The van der Waals surface area contributed by atoms with Crippen LogP contribution in [0, 0.1) is 0 Å². The molecule has 0 aromatic heterocycles. The summed E-state index contributed by atoms with van der Waals surface area (Å²) in [5.41, 5.74) is 1.21. The summed E-state index contributed by atoms with van der Waals surface area (Å²) in [6.45, 7) is 1.59. The number of rotatable bonds is 5. The first kappa shape index (κ1) is 9.87. The lowest BCUT2D eigenvalue weighted by molar-refractivity contribution is 0.128. The van der Waals surface area contributed by atoms with Gasteiger partial charge in [0.15, 0.2) is 0 Å². The van der Waals surface area contributed by atoms with Gasteiger partial charge in [0.2, 0.25) is 0 Å². The van der Waals surface area contributed by atoms with Crippen LogP contribution in [0.25, 0.3) is 0 Å². The maximum Gasteiger partial charge on any atom is 0.118 e. The predicted octanol–water partition coefficient (Wildman–Crippen LogP) is 2.33. The molecule has 1 fully saturated rings. The molecule has 0 N–H and O–H groups in total. The van der Waals surface area contributed by atoms with Gasteiger partial charge in [-0.2, -0.15) is 11.8 Å². The summed E-state index contributed by atoms with van der Waals surface area (Å²) in [6.07, 6.45) is 0. The lowest BCUT2D eigenvalue weighted by atomic mass is 10.2. The van der Waals surface area contributed by atoms with Crippen LogP contribution in [0.5, 0.6) is 5.75 Å². The molecule has 1 aliphatic heterocycles. The summed E-state index contributed by atoms with van der Waals surface area (Å²) in [5, 5.41) is 0.758. The van der Waals surface area contributed by atoms with Gasteiger partial charge in [-0.25, -0.2) is 0 Å². The molecule has 0 aliphatic carbocycles. The van der Waals surface area contributed by atoms with Crippen molar-refractivity contribution >= 4 is 11.8 Å². The first-order valence-electron chi connectivity index (χ1n) is 4.71. The monoisotopic (exact) mass is 210 g/mol. The van der Waals surface area contributed by atoms with E-state index in [-0.39, 0.29) is 0 Å². The van der Waals surface area contributed by atoms with Crippen molar-refractivity contribution in [2.24, 2.45) is 0 Å². The van der Waals surface area contributed by atoms with Crippen LogP contribution in [0.4, 0.5) is 0 Å². The van der Waals surface area contributed by atoms with Crippen LogP contribution in [0.15, 0.2) is 24.3 Å². The molecule has 2 nitrogen and oxygen atoms in total. The highest BCUT2D eigenvalue weighted by molar-refractivity contribution is 8.06. The van der Waals surface area contributed by atoms with E-state index in [0.717, 1.165) is 17.6 Å². The molecule has 1 heterocycles. The molecule has 76 valence electrons. The lowest BCUT2D eigenvalue weighted by Crippen LogP contribution is -2.00. The van der Waals surface area contributed by atoms with Crippen molar-refractivity contribution in [1.82, 2.24) is 0 Å². The molecule has 1 aliphatic rings. The van der Waals surface area contributed by atoms with Crippen LogP contribution in [0.2, 0.25) is 0 Å². The number of hydrogen-bond donors (Lipinski definition) is 0. The van der Waals surface area contributed by atoms with E-state index in [1.54, 1.807) is 7.11 Å². The third-order valence-corrected chi connectivity index (χ3v) is 3.07. The SMILES string of the molecule is COc1ccc(COCC2CS2)cc1. The lowest BCUT2D eigenvalue weighted by Gasteiger charge is -2.04. The predicted molar refractivity (Wildman–Crippen MR) is 58.9 cm³/mol. The van der Waals surface area contributed by atoms with Crippen molar-refractivity contribution in [2.75, 3.05) is 19.5 Å². The molecule has 1 aromatic rings. The standard InChI is InChI=1S/C11H14O2S/c1-12-10-4-2-9(3-5-10)6-13-7-11-8-14-11/h2-5,11H,6-8H2,1H3. The Labute approximate surface area is 88.6 Å². The van der Waals surface area contributed by atoms with E-state index in [4.69, 9.17) is 9.47 Å². The molecule has 0 spiro atoms. The Morgan fingerprint density at radius 1 is 1.36 bits per heavy atom. The summed E-state index contributed by atoms with van der Waals surface area (Å²) < 4.78 is 10.6. The average molecular weight is 210 g/mol. The number of ether oxygens (including phenoxy) is 2. The molecule has 0 radical (unpaired) electrons. The van der Waals surface area contributed by atoms with E-state index in [9.17, 15) is 0 Å². The van der Waals surface area contributed by atoms with Crippen LogP contribution in [-0.4, -0.2) is 24.7 Å². The van der Waals surface area contributed by atoms with Crippen LogP contribution < -0.4 is 4.74 Å².